The molecular weight excluding hydrogens is 342 g/mol. The second-order valence-electron chi connectivity index (χ2n) is 5.72. The van der Waals surface area contributed by atoms with Crippen molar-refractivity contribution < 1.29 is 4.79 Å². The smallest absolute Gasteiger partial charge is 0.236 e. The van der Waals surface area contributed by atoms with E-state index >= 15 is 0 Å². The molecule has 4 nitrogen and oxygen atoms in total. The van der Waals surface area contributed by atoms with Crippen LogP contribution >= 0.6 is 15.9 Å². The average Bonchev–Trinajstić information content (AvgIpc) is 3.09. The minimum Gasteiger partial charge on any atom is -0.399 e. The quantitative estimate of drug-likeness (QED) is 0.680. The number of anilines is 1. The van der Waals surface area contributed by atoms with Crippen LogP contribution in [0.3, 0.4) is 0 Å². The predicted molar refractivity (Wildman–Crippen MR) is 89.8 cm³/mol. The van der Waals surface area contributed by atoms with Crippen LogP contribution in [0.25, 0.3) is 11.0 Å². The molecule has 0 bridgehead atoms. The van der Waals surface area contributed by atoms with Gasteiger partial charge < -0.3 is 5.73 Å². The van der Waals surface area contributed by atoms with Gasteiger partial charge in [0.1, 0.15) is 6.33 Å². The molecule has 2 N–H and O–H groups in total. The zero-order valence-electron chi connectivity index (χ0n) is 11.8. The normalized spacial score (nSPS) is 16.9. The van der Waals surface area contributed by atoms with Crippen molar-refractivity contribution in [1.29, 1.82) is 0 Å². The Bertz CT molecular complexity index is 900. The Morgan fingerprint density at radius 2 is 2.00 bits per heavy atom. The van der Waals surface area contributed by atoms with E-state index in [-0.39, 0.29) is 11.8 Å². The van der Waals surface area contributed by atoms with Crippen molar-refractivity contribution in [2.45, 2.75) is 12.8 Å². The summed E-state index contributed by atoms with van der Waals surface area (Å²) in [5.41, 5.74) is 10.5. The standard InChI is InChI=1S/C17H14BrN3O/c18-13-2-1-10-5-12(6-11(10)7-13)17(22)21-9-20-15-8-14(19)3-4-16(15)21/h1-4,7-9,12H,5-6,19H2. The third-order valence-electron chi connectivity index (χ3n) is 4.26. The second-order valence-corrected chi connectivity index (χ2v) is 6.63. The fraction of sp³-hybridized carbons (Fsp3) is 0.176. The van der Waals surface area contributed by atoms with Gasteiger partial charge in [-0.2, -0.15) is 0 Å². The number of carbonyl (C=O) groups excluding carboxylic acids is 1. The van der Waals surface area contributed by atoms with Gasteiger partial charge in [0.15, 0.2) is 0 Å². The van der Waals surface area contributed by atoms with E-state index in [1.54, 1.807) is 23.0 Å². The number of halogens is 1. The van der Waals surface area contributed by atoms with Gasteiger partial charge >= 0.3 is 0 Å². The van der Waals surface area contributed by atoms with E-state index in [2.05, 4.69) is 33.0 Å². The second kappa shape index (κ2) is 4.95. The Kier molecular flexibility index (Phi) is 3.04. The predicted octanol–water partition coefficient (Wildman–Crippen LogP) is 3.44. The van der Waals surface area contributed by atoms with Gasteiger partial charge in [-0.05, 0) is 54.3 Å². The summed E-state index contributed by atoms with van der Waals surface area (Å²) in [7, 11) is 0. The van der Waals surface area contributed by atoms with Crippen LogP contribution in [0.15, 0.2) is 47.2 Å². The maximum Gasteiger partial charge on any atom is 0.236 e. The summed E-state index contributed by atoms with van der Waals surface area (Å²) in [5.74, 6) is 0.0684. The van der Waals surface area contributed by atoms with E-state index in [1.807, 2.05) is 12.1 Å². The van der Waals surface area contributed by atoms with Crippen molar-refractivity contribution in [1.82, 2.24) is 9.55 Å². The lowest BCUT2D eigenvalue weighted by molar-refractivity contribution is 0.0844. The van der Waals surface area contributed by atoms with E-state index < -0.39 is 0 Å². The summed E-state index contributed by atoms with van der Waals surface area (Å²) >= 11 is 3.49. The van der Waals surface area contributed by atoms with E-state index in [0.29, 0.717) is 5.69 Å². The Morgan fingerprint density at radius 3 is 2.86 bits per heavy atom. The highest BCUT2D eigenvalue weighted by Gasteiger charge is 2.29. The summed E-state index contributed by atoms with van der Waals surface area (Å²) in [5, 5.41) is 0. The molecule has 0 fully saturated rings. The van der Waals surface area contributed by atoms with E-state index in [9.17, 15) is 4.79 Å². The van der Waals surface area contributed by atoms with Gasteiger partial charge in [0.25, 0.3) is 0 Å². The van der Waals surface area contributed by atoms with Crippen LogP contribution in [-0.2, 0) is 12.8 Å². The van der Waals surface area contributed by atoms with Gasteiger partial charge in [-0.3, -0.25) is 9.36 Å². The number of fused-ring (bicyclic) bond motifs is 2. The molecule has 0 saturated heterocycles. The molecule has 0 spiro atoms. The number of nitrogens with zero attached hydrogens (tertiary/aromatic N) is 2. The SMILES string of the molecule is Nc1ccc2c(c1)ncn2C(=O)C1Cc2ccc(Br)cc2C1. The molecule has 0 amide bonds. The van der Waals surface area contributed by atoms with Gasteiger partial charge in [-0.1, -0.05) is 22.0 Å². The molecule has 1 atom stereocenters. The highest BCUT2D eigenvalue weighted by molar-refractivity contribution is 9.10. The van der Waals surface area contributed by atoms with Crippen LogP contribution in [0.2, 0.25) is 0 Å². The topological polar surface area (TPSA) is 60.9 Å². The minimum absolute atomic E-state index is 0.0285. The van der Waals surface area contributed by atoms with Crippen LogP contribution in [0.1, 0.15) is 15.9 Å². The molecule has 3 aromatic rings. The highest BCUT2D eigenvalue weighted by atomic mass is 79.9. The van der Waals surface area contributed by atoms with Gasteiger partial charge in [-0.15, -0.1) is 0 Å². The fourth-order valence-corrected chi connectivity index (χ4v) is 3.57. The number of hydrogen-bond donors (Lipinski definition) is 1. The molecule has 1 aliphatic carbocycles. The Labute approximate surface area is 136 Å². The van der Waals surface area contributed by atoms with Crippen molar-refractivity contribution in [2.24, 2.45) is 5.92 Å². The van der Waals surface area contributed by atoms with Crippen molar-refractivity contribution in [3.05, 3.63) is 58.3 Å². The number of carbonyl (C=O) groups is 1. The van der Waals surface area contributed by atoms with Crippen molar-refractivity contribution in [2.75, 3.05) is 5.73 Å². The lowest BCUT2D eigenvalue weighted by Gasteiger charge is -2.09. The van der Waals surface area contributed by atoms with Crippen molar-refractivity contribution in [3.8, 4) is 0 Å². The summed E-state index contributed by atoms with van der Waals surface area (Å²) in [6.45, 7) is 0. The van der Waals surface area contributed by atoms with Crippen molar-refractivity contribution in [3.63, 3.8) is 0 Å². The first-order chi connectivity index (χ1) is 10.6. The molecule has 2 aromatic carbocycles. The third kappa shape index (κ3) is 2.13. The monoisotopic (exact) mass is 355 g/mol. The molecule has 1 aliphatic rings. The lowest BCUT2D eigenvalue weighted by Crippen LogP contribution is -2.21. The lowest BCUT2D eigenvalue weighted by atomic mass is 10.1. The number of aromatic nitrogens is 2. The van der Waals surface area contributed by atoms with E-state index in [1.165, 1.54) is 11.1 Å². The molecule has 110 valence electrons. The Morgan fingerprint density at radius 1 is 1.18 bits per heavy atom. The zero-order chi connectivity index (χ0) is 15.3. The summed E-state index contributed by atoms with van der Waals surface area (Å²) < 4.78 is 2.71. The molecule has 0 radical (unpaired) electrons. The number of nitrogen functional groups attached to an aromatic ring is 1. The highest BCUT2D eigenvalue weighted by Crippen LogP contribution is 2.31. The van der Waals surface area contributed by atoms with Crippen LogP contribution in [0.5, 0.6) is 0 Å². The van der Waals surface area contributed by atoms with Crippen molar-refractivity contribution >= 4 is 38.6 Å². The number of benzene rings is 2. The fourth-order valence-electron chi connectivity index (χ4n) is 3.16. The molecule has 1 aromatic heterocycles. The number of nitrogens with two attached hydrogens (primary N) is 1. The maximum atomic E-state index is 12.8. The van der Waals surface area contributed by atoms with Gasteiger partial charge in [-0.25, -0.2) is 4.98 Å². The van der Waals surface area contributed by atoms with Crippen LogP contribution < -0.4 is 5.73 Å². The first-order valence-electron chi connectivity index (χ1n) is 7.16. The van der Waals surface area contributed by atoms with Crippen LogP contribution in [0.4, 0.5) is 5.69 Å². The number of hydrogen-bond acceptors (Lipinski definition) is 3. The molecule has 22 heavy (non-hydrogen) atoms. The number of rotatable bonds is 1. The first kappa shape index (κ1) is 13.5. The first-order valence-corrected chi connectivity index (χ1v) is 7.95. The molecule has 0 aliphatic heterocycles. The van der Waals surface area contributed by atoms with Gasteiger partial charge in [0, 0.05) is 16.1 Å². The van der Waals surface area contributed by atoms with Crippen LogP contribution in [0, 0.1) is 5.92 Å². The molecular formula is C17H14BrN3O. The Balaban J connectivity index is 1.68. The largest absolute Gasteiger partial charge is 0.399 e. The molecule has 4 rings (SSSR count). The molecule has 1 unspecified atom stereocenters. The summed E-state index contributed by atoms with van der Waals surface area (Å²) in [4.78, 5) is 17.1. The number of imidazole rings is 1. The third-order valence-corrected chi connectivity index (χ3v) is 4.75. The van der Waals surface area contributed by atoms with Gasteiger partial charge in [0.05, 0.1) is 11.0 Å². The molecule has 5 heteroatoms. The van der Waals surface area contributed by atoms with E-state index in [4.69, 9.17) is 5.73 Å². The summed E-state index contributed by atoms with van der Waals surface area (Å²) in [6.07, 6.45) is 3.17. The summed E-state index contributed by atoms with van der Waals surface area (Å²) in [6, 6.07) is 11.7. The van der Waals surface area contributed by atoms with Crippen LogP contribution in [-0.4, -0.2) is 15.5 Å². The molecule has 1 heterocycles. The van der Waals surface area contributed by atoms with Gasteiger partial charge in [0.2, 0.25) is 5.91 Å². The minimum atomic E-state index is -0.0285. The maximum absolute atomic E-state index is 12.8. The average molecular weight is 356 g/mol. The molecule has 0 saturated carbocycles. The Hall–Kier alpha value is -2.14. The zero-order valence-corrected chi connectivity index (χ0v) is 13.4. The van der Waals surface area contributed by atoms with E-state index in [0.717, 1.165) is 28.3 Å².